The van der Waals surface area contributed by atoms with Crippen LogP contribution >= 0.6 is 0 Å². The lowest BCUT2D eigenvalue weighted by molar-refractivity contribution is -0.125. The van der Waals surface area contributed by atoms with Crippen molar-refractivity contribution < 1.29 is 22.7 Å². The van der Waals surface area contributed by atoms with E-state index < -0.39 is 24.4 Å². The molecule has 0 bridgehead atoms. The first kappa shape index (κ1) is 24.3. The number of aliphatic imine (C=N–C) groups is 1. The molecule has 3 aliphatic rings. The van der Waals surface area contributed by atoms with Gasteiger partial charge >= 0.3 is 0 Å². The first-order valence-corrected chi connectivity index (χ1v) is 11.6. The Morgan fingerprint density at radius 3 is 2.52 bits per heavy atom. The zero-order chi connectivity index (χ0) is 22.2. The highest BCUT2D eigenvalue weighted by Gasteiger charge is 2.36. The molecule has 2 aliphatic carbocycles. The predicted molar refractivity (Wildman–Crippen MR) is 113 cm³/mol. The molecule has 3 fully saturated rings. The Balaban J connectivity index is 1.53. The van der Waals surface area contributed by atoms with Crippen molar-refractivity contribution in [2.24, 2.45) is 16.8 Å². The second-order valence-electron chi connectivity index (χ2n) is 8.80. The number of halogens is 3. The second kappa shape index (κ2) is 12.0. The van der Waals surface area contributed by atoms with E-state index in [1.807, 2.05) is 6.92 Å². The van der Waals surface area contributed by atoms with Crippen molar-refractivity contribution >= 4 is 11.9 Å². The van der Waals surface area contributed by atoms with Gasteiger partial charge in [-0.1, -0.05) is 0 Å². The van der Waals surface area contributed by atoms with Gasteiger partial charge in [-0.15, -0.1) is 0 Å². The minimum absolute atomic E-state index is 0.0560. The number of nitrogens with one attached hydrogen (secondary N) is 4. The molecule has 2 saturated carbocycles. The highest BCUT2D eigenvalue weighted by Crippen LogP contribution is 2.31. The molecule has 0 spiro atoms. The van der Waals surface area contributed by atoms with Crippen LogP contribution in [0.5, 0.6) is 0 Å². The summed E-state index contributed by atoms with van der Waals surface area (Å²) in [6.45, 7) is 3.25. The highest BCUT2D eigenvalue weighted by molar-refractivity contribution is 5.98. The molecule has 1 heterocycles. The number of nitrogens with zero attached hydrogens (tertiary/aromatic N) is 1. The van der Waals surface area contributed by atoms with Gasteiger partial charge in [-0.25, -0.2) is 18.6 Å². The molecule has 0 aromatic carbocycles. The molecule has 3 rings (SSSR count). The zero-order valence-corrected chi connectivity index (χ0v) is 18.2. The van der Waals surface area contributed by atoms with Crippen LogP contribution in [0, 0.1) is 11.8 Å². The van der Waals surface area contributed by atoms with Gasteiger partial charge in [0.05, 0.1) is 19.3 Å². The number of carbonyl (C=O) groups excluding carboxylic acids is 1. The van der Waals surface area contributed by atoms with Gasteiger partial charge in [0.25, 0.3) is 0 Å². The Morgan fingerprint density at radius 1 is 1.03 bits per heavy atom. The molecule has 1 saturated heterocycles. The average molecular weight is 448 g/mol. The number of hydrazine groups is 1. The summed E-state index contributed by atoms with van der Waals surface area (Å²) in [5.74, 6) is -0.202. The third-order valence-corrected chi connectivity index (χ3v) is 6.53. The van der Waals surface area contributed by atoms with Crippen LogP contribution in [-0.2, 0) is 9.53 Å². The van der Waals surface area contributed by atoms with E-state index >= 15 is 0 Å². The van der Waals surface area contributed by atoms with E-state index in [4.69, 9.17) is 4.74 Å². The maximum atomic E-state index is 13.7. The van der Waals surface area contributed by atoms with Gasteiger partial charge in [0.2, 0.25) is 5.91 Å². The third kappa shape index (κ3) is 7.32. The zero-order valence-electron chi connectivity index (χ0n) is 18.2. The van der Waals surface area contributed by atoms with Crippen molar-refractivity contribution in [2.45, 2.75) is 89.0 Å². The van der Waals surface area contributed by atoms with E-state index in [0.29, 0.717) is 50.9 Å². The van der Waals surface area contributed by atoms with Gasteiger partial charge in [0, 0.05) is 18.6 Å². The van der Waals surface area contributed by atoms with Crippen LogP contribution in [0.4, 0.5) is 13.2 Å². The summed E-state index contributed by atoms with van der Waals surface area (Å²) < 4.78 is 45.9. The number of rotatable bonds is 7. The Kier molecular flexibility index (Phi) is 9.40. The summed E-state index contributed by atoms with van der Waals surface area (Å²) in [6, 6.07) is 0.220. The molecule has 0 radical (unpaired) electrons. The lowest BCUT2D eigenvalue weighted by atomic mass is 9.82. The lowest BCUT2D eigenvalue weighted by Crippen LogP contribution is -2.52. The number of alkyl halides is 3. The maximum absolute atomic E-state index is 13.7. The number of carbonyl (C=O) groups is 1. The fourth-order valence-electron chi connectivity index (χ4n) is 4.65. The first-order chi connectivity index (χ1) is 15.0. The molecule has 1 amide bonds. The van der Waals surface area contributed by atoms with Crippen LogP contribution in [0.25, 0.3) is 0 Å². The highest BCUT2D eigenvalue weighted by atomic mass is 19.2. The van der Waals surface area contributed by atoms with Gasteiger partial charge < -0.3 is 10.1 Å². The van der Waals surface area contributed by atoms with Crippen LogP contribution in [0.1, 0.15) is 58.3 Å². The van der Waals surface area contributed by atoms with Crippen molar-refractivity contribution in [3.63, 3.8) is 0 Å². The van der Waals surface area contributed by atoms with E-state index in [0.717, 1.165) is 19.3 Å². The van der Waals surface area contributed by atoms with E-state index in [1.165, 1.54) is 0 Å². The Labute approximate surface area is 182 Å². The molecule has 4 N–H and O–H groups in total. The van der Waals surface area contributed by atoms with Gasteiger partial charge in [0.1, 0.15) is 18.5 Å². The topological polar surface area (TPSA) is 86.8 Å². The SMILES string of the molecule is CCOCCN=C(NC(=O)C1CCC(F)C(F)C1)NC1CC(C2CCC(F)CC2)NN1. The van der Waals surface area contributed by atoms with Crippen LogP contribution in [0.15, 0.2) is 4.99 Å². The molecule has 5 unspecified atom stereocenters. The summed E-state index contributed by atoms with van der Waals surface area (Å²) in [7, 11) is 0. The van der Waals surface area contributed by atoms with E-state index in [1.54, 1.807) is 0 Å². The van der Waals surface area contributed by atoms with Gasteiger partial charge in [0.15, 0.2) is 5.96 Å². The minimum Gasteiger partial charge on any atom is -0.380 e. The molecule has 31 heavy (non-hydrogen) atoms. The maximum Gasteiger partial charge on any atom is 0.229 e. The van der Waals surface area contributed by atoms with E-state index in [2.05, 4.69) is 26.5 Å². The molecular weight excluding hydrogens is 411 g/mol. The Bertz CT molecular complexity index is 604. The molecule has 5 atom stereocenters. The van der Waals surface area contributed by atoms with Gasteiger partial charge in [-0.2, -0.15) is 0 Å². The summed E-state index contributed by atoms with van der Waals surface area (Å²) in [5.41, 5.74) is 6.47. The summed E-state index contributed by atoms with van der Waals surface area (Å²) in [6.07, 6.45) is 0.0462. The van der Waals surface area contributed by atoms with E-state index in [-0.39, 0.29) is 31.0 Å². The molecule has 178 valence electrons. The molecule has 0 aromatic rings. The minimum atomic E-state index is -1.60. The fraction of sp³-hybridized carbons (Fsp3) is 0.905. The Morgan fingerprint density at radius 2 is 1.81 bits per heavy atom. The number of guanidine groups is 1. The lowest BCUT2D eigenvalue weighted by Gasteiger charge is -2.28. The summed E-state index contributed by atoms with van der Waals surface area (Å²) >= 11 is 0. The Hall–Kier alpha value is -1.39. The smallest absolute Gasteiger partial charge is 0.229 e. The normalized spacial score (nSPS) is 36.9. The van der Waals surface area contributed by atoms with Gasteiger partial charge in [-0.05, 0) is 64.2 Å². The van der Waals surface area contributed by atoms with Crippen molar-refractivity contribution in [1.82, 2.24) is 21.5 Å². The largest absolute Gasteiger partial charge is 0.380 e. The summed E-state index contributed by atoms with van der Waals surface area (Å²) in [5, 5.41) is 5.97. The molecule has 1 aliphatic heterocycles. The standard InChI is InChI=1S/C21H36F3N5O2/c1-2-31-10-9-25-21(27-20(30)14-5-8-16(23)17(24)11-14)26-19-12-18(28-29-19)13-3-6-15(22)7-4-13/h13-19,28-29H,2-12H2,1H3,(H2,25,26,27,30). The number of hydrogen-bond donors (Lipinski definition) is 4. The molecule has 7 nitrogen and oxygen atoms in total. The monoisotopic (exact) mass is 447 g/mol. The quantitative estimate of drug-likeness (QED) is 0.273. The van der Waals surface area contributed by atoms with Crippen molar-refractivity contribution in [2.75, 3.05) is 19.8 Å². The number of hydrogen-bond acceptors (Lipinski definition) is 5. The number of ether oxygens (including phenoxy) is 1. The molecular formula is C21H36F3N5O2. The van der Waals surface area contributed by atoms with Crippen LogP contribution < -0.4 is 21.5 Å². The van der Waals surface area contributed by atoms with Crippen molar-refractivity contribution in [1.29, 1.82) is 0 Å². The third-order valence-electron chi connectivity index (χ3n) is 6.53. The number of amides is 1. The van der Waals surface area contributed by atoms with Crippen LogP contribution in [0.2, 0.25) is 0 Å². The van der Waals surface area contributed by atoms with E-state index in [9.17, 15) is 18.0 Å². The molecule has 10 heteroatoms. The second-order valence-corrected chi connectivity index (χ2v) is 8.80. The van der Waals surface area contributed by atoms with Crippen LogP contribution in [-0.4, -0.2) is 62.3 Å². The van der Waals surface area contributed by atoms with Crippen molar-refractivity contribution in [3.8, 4) is 0 Å². The van der Waals surface area contributed by atoms with Crippen LogP contribution in [0.3, 0.4) is 0 Å². The van der Waals surface area contributed by atoms with Crippen molar-refractivity contribution in [3.05, 3.63) is 0 Å². The summed E-state index contributed by atoms with van der Waals surface area (Å²) in [4.78, 5) is 17.0. The predicted octanol–water partition coefficient (Wildman–Crippen LogP) is 2.28. The van der Waals surface area contributed by atoms with Gasteiger partial charge in [-0.3, -0.25) is 20.5 Å². The fourth-order valence-corrected chi connectivity index (χ4v) is 4.65. The first-order valence-electron chi connectivity index (χ1n) is 11.6. The average Bonchev–Trinajstić information content (AvgIpc) is 3.22. The molecule has 0 aromatic heterocycles.